The second-order valence-electron chi connectivity index (χ2n) is 4.32. The minimum atomic E-state index is -0.450. The molecule has 17 heavy (non-hydrogen) atoms. The van der Waals surface area contributed by atoms with E-state index in [0.29, 0.717) is 0 Å². The van der Waals surface area contributed by atoms with Gasteiger partial charge in [0.25, 0.3) is 0 Å². The Morgan fingerprint density at radius 1 is 1.24 bits per heavy atom. The number of primary amides is 1. The van der Waals surface area contributed by atoms with Crippen molar-refractivity contribution in [3.63, 3.8) is 0 Å². The molecule has 0 fully saturated rings. The van der Waals surface area contributed by atoms with E-state index >= 15 is 0 Å². The molecular formula is C14H22N2O. The Morgan fingerprint density at radius 3 is 2.53 bits per heavy atom. The second kappa shape index (κ2) is 7.71. The fourth-order valence-corrected chi connectivity index (χ4v) is 1.95. The Balaban J connectivity index is 2.52. The Kier molecular flexibility index (Phi) is 6.15. The average Bonchev–Trinajstić information content (AvgIpc) is 2.34. The molecule has 0 saturated carbocycles. The first-order valence-corrected chi connectivity index (χ1v) is 6.35. The van der Waals surface area contributed by atoms with Gasteiger partial charge in [0.15, 0.2) is 0 Å². The van der Waals surface area contributed by atoms with Crippen LogP contribution < -0.4 is 11.1 Å². The third kappa shape index (κ3) is 5.38. The molecule has 1 atom stereocenters. The van der Waals surface area contributed by atoms with Crippen molar-refractivity contribution in [3.8, 4) is 0 Å². The molecule has 0 bridgehead atoms. The van der Waals surface area contributed by atoms with E-state index in [1.54, 1.807) is 0 Å². The molecule has 1 rings (SSSR count). The maximum atomic E-state index is 11.0. The van der Waals surface area contributed by atoms with Crippen molar-refractivity contribution in [2.45, 2.75) is 45.1 Å². The number of urea groups is 1. The van der Waals surface area contributed by atoms with Gasteiger partial charge in [-0.3, -0.25) is 0 Å². The van der Waals surface area contributed by atoms with E-state index < -0.39 is 6.03 Å². The van der Waals surface area contributed by atoms with Gasteiger partial charge in [0.2, 0.25) is 0 Å². The van der Waals surface area contributed by atoms with Gasteiger partial charge in [-0.1, -0.05) is 62.9 Å². The van der Waals surface area contributed by atoms with E-state index in [0.717, 1.165) is 18.4 Å². The van der Waals surface area contributed by atoms with Crippen molar-refractivity contribution in [1.29, 1.82) is 0 Å². The number of nitrogens with one attached hydrogen (secondary N) is 1. The third-order valence-electron chi connectivity index (χ3n) is 2.86. The van der Waals surface area contributed by atoms with E-state index in [-0.39, 0.29) is 6.04 Å². The Labute approximate surface area is 103 Å². The van der Waals surface area contributed by atoms with Crippen molar-refractivity contribution >= 4 is 6.03 Å². The van der Waals surface area contributed by atoms with Crippen molar-refractivity contribution in [1.82, 2.24) is 5.32 Å². The summed E-state index contributed by atoms with van der Waals surface area (Å²) < 4.78 is 0. The Bertz CT molecular complexity index is 324. The number of unbranched alkanes of at least 4 members (excludes halogenated alkanes) is 3. The minimum absolute atomic E-state index is 0.0468. The Morgan fingerprint density at radius 2 is 1.94 bits per heavy atom. The zero-order valence-electron chi connectivity index (χ0n) is 10.5. The van der Waals surface area contributed by atoms with Gasteiger partial charge >= 0.3 is 6.03 Å². The standard InChI is InChI=1S/C14H22N2O/c1-2-3-4-8-11-13(16-14(15)17)12-9-6-5-7-10-12/h5-7,9-10,13H,2-4,8,11H2,1H3,(H3,15,16,17). The van der Waals surface area contributed by atoms with Crippen molar-refractivity contribution in [3.05, 3.63) is 35.9 Å². The first-order valence-electron chi connectivity index (χ1n) is 6.35. The molecule has 3 N–H and O–H groups in total. The largest absolute Gasteiger partial charge is 0.352 e. The zero-order chi connectivity index (χ0) is 12.5. The quantitative estimate of drug-likeness (QED) is 0.698. The molecule has 3 nitrogen and oxygen atoms in total. The molecule has 1 unspecified atom stereocenters. The molecule has 0 heterocycles. The molecule has 0 aromatic heterocycles. The van der Waals surface area contributed by atoms with Crippen LogP contribution in [0.2, 0.25) is 0 Å². The van der Waals surface area contributed by atoms with Crippen molar-refractivity contribution < 1.29 is 4.79 Å². The van der Waals surface area contributed by atoms with Gasteiger partial charge in [0.05, 0.1) is 6.04 Å². The van der Waals surface area contributed by atoms with Crippen LogP contribution >= 0.6 is 0 Å². The molecule has 1 aromatic carbocycles. The summed E-state index contributed by atoms with van der Waals surface area (Å²) in [6.07, 6.45) is 5.75. The van der Waals surface area contributed by atoms with Crippen LogP contribution in [-0.2, 0) is 0 Å². The number of nitrogens with two attached hydrogens (primary N) is 1. The lowest BCUT2D eigenvalue weighted by Crippen LogP contribution is -2.33. The van der Waals surface area contributed by atoms with Crippen LogP contribution in [0.15, 0.2) is 30.3 Å². The van der Waals surface area contributed by atoms with E-state index in [1.807, 2.05) is 30.3 Å². The molecule has 0 aliphatic heterocycles. The first-order chi connectivity index (χ1) is 8.24. The van der Waals surface area contributed by atoms with Gasteiger partial charge in [0.1, 0.15) is 0 Å². The molecule has 0 saturated heterocycles. The predicted octanol–water partition coefficient (Wildman–Crippen LogP) is 3.37. The highest BCUT2D eigenvalue weighted by atomic mass is 16.2. The number of benzene rings is 1. The summed E-state index contributed by atoms with van der Waals surface area (Å²) >= 11 is 0. The number of rotatable bonds is 7. The molecule has 0 spiro atoms. The number of amides is 2. The van der Waals surface area contributed by atoms with Crippen LogP contribution in [0.3, 0.4) is 0 Å². The lowest BCUT2D eigenvalue weighted by molar-refractivity contribution is 0.244. The number of hydrogen-bond donors (Lipinski definition) is 2. The maximum absolute atomic E-state index is 11.0. The average molecular weight is 234 g/mol. The lowest BCUT2D eigenvalue weighted by atomic mass is 10.0. The van der Waals surface area contributed by atoms with E-state index in [2.05, 4.69) is 12.2 Å². The molecule has 3 heteroatoms. The van der Waals surface area contributed by atoms with Gasteiger partial charge in [0, 0.05) is 0 Å². The summed E-state index contributed by atoms with van der Waals surface area (Å²) in [4.78, 5) is 11.0. The van der Waals surface area contributed by atoms with Crippen LogP contribution in [0, 0.1) is 0 Å². The van der Waals surface area contributed by atoms with Crippen LogP contribution in [-0.4, -0.2) is 6.03 Å². The number of hydrogen-bond acceptors (Lipinski definition) is 1. The van der Waals surface area contributed by atoms with Gasteiger partial charge < -0.3 is 11.1 Å². The van der Waals surface area contributed by atoms with Crippen LogP contribution in [0.4, 0.5) is 4.79 Å². The maximum Gasteiger partial charge on any atom is 0.312 e. The van der Waals surface area contributed by atoms with E-state index in [1.165, 1.54) is 19.3 Å². The first kappa shape index (κ1) is 13.6. The monoisotopic (exact) mass is 234 g/mol. The van der Waals surface area contributed by atoms with Gasteiger partial charge in [-0.25, -0.2) is 4.79 Å². The van der Waals surface area contributed by atoms with Crippen LogP contribution in [0.5, 0.6) is 0 Å². The normalized spacial score (nSPS) is 12.1. The highest BCUT2D eigenvalue weighted by molar-refractivity contribution is 5.72. The van der Waals surface area contributed by atoms with Gasteiger partial charge in [-0.15, -0.1) is 0 Å². The Hall–Kier alpha value is -1.51. The number of carbonyl (C=O) groups is 1. The SMILES string of the molecule is CCCCCCC(NC(N)=O)c1ccccc1. The second-order valence-corrected chi connectivity index (χ2v) is 4.32. The summed E-state index contributed by atoms with van der Waals surface area (Å²) in [7, 11) is 0. The summed E-state index contributed by atoms with van der Waals surface area (Å²) in [5.41, 5.74) is 6.34. The molecule has 94 valence electrons. The van der Waals surface area contributed by atoms with Crippen LogP contribution in [0.1, 0.15) is 50.6 Å². The summed E-state index contributed by atoms with van der Waals surface area (Å²) in [6.45, 7) is 2.19. The van der Waals surface area contributed by atoms with Crippen LogP contribution in [0.25, 0.3) is 0 Å². The van der Waals surface area contributed by atoms with Crippen molar-refractivity contribution in [2.24, 2.45) is 5.73 Å². The molecule has 0 radical (unpaired) electrons. The molecule has 1 aromatic rings. The van der Waals surface area contributed by atoms with Crippen molar-refractivity contribution in [2.75, 3.05) is 0 Å². The minimum Gasteiger partial charge on any atom is -0.352 e. The fraction of sp³-hybridized carbons (Fsp3) is 0.500. The molecule has 0 aliphatic rings. The van der Waals surface area contributed by atoms with Gasteiger partial charge in [-0.05, 0) is 12.0 Å². The lowest BCUT2D eigenvalue weighted by Gasteiger charge is -2.17. The summed E-state index contributed by atoms with van der Waals surface area (Å²) in [6, 6.07) is 9.59. The smallest absolute Gasteiger partial charge is 0.312 e. The summed E-state index contributed by atoms with van der Waals surface area (Å²) in [5.74, 6) is 0. The molecular weight excluding hydrogens is 212 g/mol. The zero-order valence-corrected chi connectivity index (χ0v) is 10.5. The summed E-state index contributed by atoms with van der Waals surface area (Å²) in [5, 5.41) is 2.81. The highest BCUT2D eigenvalue weighted by Gasteiger charge is 2.11. The van der Waals surface area contributed by atoms with E-state index in [9.17, 15) is 4.79 Å². The van der Waals surface area contributed by atoms with Gasteiger partial charge in [-0.2, -0.15) is 0 Å². The fourth-order valence-electron chi connectivity index (χ4n) is 1.95. The highest BCUT2D eigenvalue weighted by Crippen LogP contribution is 2.19. The molecule has 2 amide bonds. The predicted molar refractivity (Wildman–Crippen MR) is 70.7 cm³/mol. The molecule has 0 aliphatic carbocycles. The topological polar surface area (TPSA) is 55.1 Å². The van der Waals surface area contributed by atoms with E-state index in [4.69, 9.17) is 5.73 Å². The number of carbonyl (C=O) groups excluding carboxylic acids is 1. The third-order valence-corrected chi connectivity index (χ3v) is 2.86.